The highest BCUT2D eigenvalue weighted by molar-refractivity contribution is 6.36. The van der Waals surface area contributed by atoms with Crippen LogP contribution in [0.2, 0.25) is 10.0 Å². The zero-order valence-corrected chi connectivity index (χ0v) is 18.3. The number of hydrogen-bond donors (Lipinski definition) is 2. The van der Waals surface area contributed by atoms with E-state index in [-0.39, 0.29) is 10.8 Å². The average Bonchev–Trinajstić information content (AvgIpc) is 3.15. The first-order valence-corrected chi connectivity index (χ1v) is 11.0. The van der Waals surface area contributed by atoms with Crippen LogP contribution < -0.4 is 15.8 Å². The summed E-state index contributed by atoms with van der Waals surface area (Å²) < 4.78 is 22.2. The van der Waals surface area contributed by atoms with Gasteiger partial charge in [-0.25, -0.2) is 9.37 Å². The molecule has 1 aliphatic heterocycles. The lowest BCUT2D eigenvalue weighted by molar-refractivity contribution is 0.230. The summed E-state index contributed by atoms with van der Waals surface area (Å²) in [7, 11) is 0. The van der Waals surface area contributed by atoms with Gasteiger partial charge < -0.3 is 20.4 Å². The van der Waals surface area contributed by atoms with Crippen LogP contribution >= 0.6 is 23.2 Å². The van der Waals surface area contributed by atoms with Gasteiger partial charge in [-0.2, -0.15) is 0 Å². The van der Waals surface area contributed by atoms with E-state index in [1.807, 2.05) is 12.3 Å². The molecule has 4 rings (SSSR count). The number of benzene rings is 1. The third-order valence-corrected chi connectivity index (χ3v) is 6.54. The molecule has 160 valence electrons. The van der Waals surface area contributed by atoms with Gasteiger partial charge in [0.1, 0.15) is 11.9 Å². The molecule has 0 spiro atoms. The standard InChI is InChI=1S/C22H25Cl2FN4O/c1-13(19-16(23)2-3-17(25)20(19)24)30-21-15-7-11-29(18(15)12-28-22(21)26)10-6-14-4-8-27-9-5-14/h2-3,7,11-14,27H,4-6,8-10H2,1H3,(H2,26,28)/t13-/m1/s1. The summed E-state index contributed by atoms with van der Waals surface area (Å²) in [6, 6.07) is 4.68. The summed E-state index contributed by atoms with van der Waals surface area (Å²) in [5, 5.41) is 4.56. The van der Waals surface area contributed by atoms with Crippen LogP contribution in [0.5, 0.6) is 5.75 Å². The van der Waals surface area contributed by atoms with Crippen molar-refractivity contribution in [1.82, 2.24) is 14.9 Å². The predicted octanol–water partition coefficient (Wildman–Crippen LogP) is 5.59. The number of nitrogen functional groups attached to an aromatic ring is 1. The first kappa shape index (κ1) is 21.2. The maximum Gasteiger partial charge on any atom is 0.171 e. The second-order valence-corrected chi connectivity index (χ2v) is 8.56. The number of nitrogens with zero attached hydrogens (tertiary/aromatic N) is 2. The summed E-state index contributed by atoms with van der Waals surface area (Å²) in [4.78, 5) is 4.33. The van der Waals surface area contributed by atoms with Crippen LogP contribution in [0.15, 0.2) is 30.6 Å². The summed E-state index contributed by atoms with van der Waals surface area (Å²) in [5.74, 6) is 0.921. The molecule has 30 heavy (non-hydrogen) atoms. The Kier molecular flexibility index (Phi) is 6.37. The fourth-order valence-electron chi connectivity index (χ4n) is 4.11. The summed E-state index contributed by atoms with van der Waals surface area (Å²) in [6.45, 7) is 4.86. The number of fused-ring (bicyclic) bond motifs is 1. The van der Waals surface area contributed by atoms with Crippen LogP contribution in [-0.2, 0) is 6.54 Å². The van der Waals surface area contributed by atoms with Crippen molar-refractivity contribution in [2.24, 2.45) is 5.92 Å². The molecule has 1 aliphatic rings. The Morgan fingerprint density at radius 1 is 1.30 bits per heavy atom. The number of ether oxygens (including phenoxy) is 1. The molecular weight excluding hydrogens is 426 g/mol. The Labute approximate surface area is 185 Å². The Morgan fingerprint density at radius 3 is 2.83 bits per heavy atom. The SMILES string of the molecule is C[C@@H](Oc1c(N)ncc2c1ccn2CCC1CCNCC1)c1c(Cl)ccc(F)c1Cl. The highest BCUT2D eigenvalue weighted by Crippen LogP contribution is 2.38. The van der Waals surface area contributed by atoms with Gasteiger partial charge in [-0.1, -0.05) is 23.2 Å². The quantitative estimate of drug-likeness (QED) is 0.480. The molecule has 0 unspecified atom stereocenters. The van der Waals surface area contributed by atoms with E-state index in [4.69, 9.17) is 33.7 Å². The minimum Gasteiger partial charge on any atom is -0.481 e. The molecule has 0 saturated carbocycles. The summed E-state index contributed by atoms with van der Waals surface area (Å²) in [5.41, 5.74) is 7.47. The summed E-state index contributed by atoms with van der Waals surface area (Å²) in [6.07, 6.45) is 6.75. The monoisotopic (exact) mass is 450 g/mol. The molecule has 3 heterocycles. The maximum atomic E-state index is 13.9. The van der Waals surface area contributed by atoms with Crippen molar-refractivity contribution in [3.05, 3.63) is 52.0 Å². The number of aromatic nitrogens is 2. The molecule has 5 nitrogen and oxygen atoms in total. The largest absolute Gasteiger partial charge is 0.481 e. The maximum absolute atomic E-state index is 13.9. The molecule has 8 heteroatoms. The third-order valence-electron chi connectivity index (χ3n) is 5.83. The number of hydrogen-bond acceptors (Lipinski definition) is 4. The minimum atomic E-state index is -0.603. The van der Waals surface area contributed by atoms with E-state index in [9.17, 15) is 4.39 Å². The summed E-state index contributed by atoms with van der Waals surface area (Å²) >= 11 is 12.4. The first-order chi connectivity index (χ1) is 14.5. The van der Waals surface area contributed by atoms with Crippen LogP contribution in [0, 0.1) is 11.7 Å². The van der Waals surface area contributed by atoms with E-state index in [2.05, 4.69) is 14.9 Å². The van der Waals surface area contributed by atoms with Gasteiger partial charge >= 0.3 is 0 Å². The Bertz CT molecular complexity index is 1050. The van der Waals surface area contributed by atoms with Crippen LogP contribution in [0.4, 0.5) is 10.2 Å². The van der Waals surface area contributed by atoms with Gasteiger partial charge in [0.2, 0.25) is 0 Å². The topological polar surface area (TPSA) is 65.1 Å². The Balaban J connectivity index is 1.59. The molecular formula is C22H25Cl2FN4O. The van der Waals surface area contributed by atoms with E-state index in [0.29, 0.717) is 16.3 Å². The van der Waals surface area contributed by atoms with E-state index in [1.165, 1.54) is 25.0 Å². The van der Waals surface area contributed by atoms with Crippen molar-refractivity contribution in [3.8, 4) is 5.75 Å². The van der Waals surface area contributed by atoms with E-state index >= 15 is 0 Å². The van der Waals surface area contributed by atoms with Crippen molar-refractivity contribution >= 4 is 39.9 Å². The van der Waals surface area contributed by atoms with Crippen LogP contribution in [0.25, 0.3) is 10.9 Å². The van der Waals surface area contributed by atoms with Crippen molar-refractivity contribution in [2.45, 2.75) is 38.8 Å². The molecule has 3 N–H and O–H groups in total. The van der Waals surface area contributed by atoms with Gasteiger partial charge in [0, 0.05) is 28.7 Å². The van der Waals surface area contributed by atoms with E-state index in [1.54, 1.807) is 13.1 Å². The number of anilines is 1. The third kappa shape index (κ3) is 4.22. The normalized spacial score (nSPS) is 16.1. The molecule has 1 saturated heterocycles. The van der Waals surface area contributed by atoms with Gasteiger partial charge in [-0.05, 0) is 63.4 Å². The molecule has 1 atom stereocenters. The fourth-order valence-corrected chi connectivity index (χ4v) is 4.79. The fraction of sp³-hybridized carbons (Fsp3) is 0.409. The van der Waals surface area contributed by atoms with Gasteiger partial charge in [-0.15, -0.1) is 0 Å². The molecule has 0 bridgehead atoms. The number of pyridine rings is 1. The number of nitrogens with one attached hydrogen (secondary N) is 1. The molecule has 3 aromatic rings. The highest BCUT2D eigenvalue weighted by Gasteiger charge is 2.22. The van der Waals surface area contributed by atoms with Crippen LogP contribution in [-0.4, -0.2) is 22.6 Å². The average molecular weight is 451 g/mol. The Morgan fingerprint density at radius 2 is 2.07 bits per heavy atom. The highest BCUT2D eigenvalue weighted by atomic mass is 35.5. The lowest BCUT2D eigenvalue weighted by Crippen LogP contribution is -2.28. The molecule has 0 aliphatic carbocycles. The smallest absolute Gasteiger partial charge is 0.171 e. The van der Waals surface area contributed by atoms with Crippen LogP contribution in [0.3, 0.4) is 0 Å². The molecule has 1 fully saturated rings. The van der Waals surface area contributed by atoms with Crippen LogP contribution in [0.1, 0.15) is 37.9 Å². The van der Waals surface area contributed by atoms with Crippen molar-refractivity contribution in [2.75, 3.05) is 18.8 Å². The van der Waals surface area contributed by atoms with Crippen molar-refractivity contribution in [1.29, 1.82) is 0 Å². The number of rotatable bonds is 6. The molecule has 2 aromatic heterocycles. The van der Waals surface area contributed by atoms with Gasteiger partial charge in [0.05, 0.1) is 16.7 Å². The van der Waals surface area contributed by atoms with Crippen molar-refractivity contribution < 1.29 is 9.13 Å². The number of nitrogens with two attached hydrogens (primary N) is 1. The number of aryl methyl sites for hydroxylation is 1. The zero-order chi connectivity index (χ0) is 21.3. The Hall–Kier alpha value is -2.02. The molecule has 0 radical (unpaired) electrons. The molecule has 0 amide bonds. The van der Waals surface area contributed by atoms with E-state index in [0.717, 1.165) is 42.9 Å². The van der Waals surface area contributed by atoms with Gasteiger partial charge in [0.25, 0.3) is 0 Å². The van der Waals surface area contributed by atoms with E-state index < -0.39 is 11.9 Å². The van der Waals surface area contributed by atoms with Crippen molar-refractivity contribution in [3.63, 3.8) is 0 Å². The second-order valence-electron chi connectivity index (χ2n) is 7.78. The first-order valence-electron chi connectivity index (χ1n) is 10.2. The van der Waals surface area contributed by atoms with Gasteiger partial charge in [0.15, 0.2) is 11.6 Å². The zero-order valence-electron chi connectivity index (χ0n) is 16.8. The predicted molar refractivity (Wildman–Crippen MR) is 120 cm³/mol. The lowest BCUT2D eigenvalue weighted by atomic mass is 9.95. The minimum absolute atomic E-state index is 0.0479. The number of piperidine rings is 1. The number of halogens is 3. The second kappa shape index (κ2) is 9.00. The molecule has 1 aromatic carbocycles. The lowest BCUT2D eigenvalue weighted by Gasteiger charge is -2.23. The van der Waals surface area contributed by atoms with Gasteiger partial charge in [-0.3, -0.25) is 0 Å².